The Morgan fingerprint density at radius 3 is 2.42 bits per heavy atom. The second kappa shape index (κ2) is 8.89. The van der Waals surface area contributed by atoms with Crippen molar-refractivity contribution in [3.63, 3.8) is 0 Å². The van der Waals surface area contributed by atoms with E-state index in [-0.39, 0.29) is 28.3 Å². The molecule has 2 aromatic carbocycles. The fourth-order valence-electron chi connectivity index (χ4n) is 3.27. The lowest BCUT2D eigenvalue weighted by Gasteiger charge is -2.29. The Hall–Kier alpha value is -3.20. The number of amides is 2. The monoisotopic (exact) mass is 446 g/mol. The molecule has 0 spiro atoms. The van der Waals surface area contributed by atoms with E-state index in [0.717, 1.165) is 17.7 Å². The summed E-state index contributed by atoms with van der Waals surface area (Å²) in [5.74, 6) is -1.91. The van der Waals surface area contributed by atoms with Gasteiger partial charge < -0.3 is 15.4 Å². The Bertz CT molecular complexity index is 1160. The molecule has 0 saturated carbocycles. The largest absolute Gasteiger partial charge is 0.463 e. The van der Waals surface area contributed by atoms with Gasteiger partial charge in [-0.25, -0.2) is 22.4 Å². The van der Waals surface area contributed by atoms with Gasteiger partial charge in [0.05, 0.1) is 28.9 Å². The second-order valence-electron chi connectivity index (χ2n) is 7.22. The molecule has 0 radical (unpaired) electrons. The molecule has 2 N–H and O–H groups in total. The van der Waals surface area contributed by atoms with Crippen LogP contribution in [0, 0.1) is 19.7 Å². The number of esters is 1. The number of rotatable bonds is 6. The Kier molecular flexibility index (Phi) is 6.45. The van der Waals surface area contributed by atoms with E-state index in [1.54, 1.807) is 19.1 Å². The molecule has 0 bridgehead atoms. The summed E-state index contributed by atoms with van der Waals surface area (Å²) in [7, 11) is -3.99. The third-order valence-electron chi connectivity index (χ3n) is 4.88. The number of ether oxygens (including phenoxy) is 1. The molecule has 1 aliphatic heterocycles. The second-order valence-corrected chi connectivity index (χ2v) is 9.21. The van der Waals surface area contributed by atoms with E-state index < -0.39 is 39.4 Å². The van der Waals surface area contributed by atoms with Crippen molar-refractivity contribution in [2.45, 2.75) is 31.7 Å². The number of urea groups is 1. The van der Waals surface area contributed by atoms with Crippen LogP contribution in [0.1, 0.15) is 29.7 Å². The van der Waals surface area contributed by atoms with E-state index in [4.69, 9.17) is 4.74 Å². The molecule has 7 nitrogen and oxygen atoms in total. The predicted octanol–water partition coefficient (Wildman–Crippen LogP) is 3.09. The Morgan fingerprint density at radius 2 is 1.81 bits per heavy atom. The SMILES string of the molecule is CCOC(=O)C1=C(CS(=O)(=O)c2ccc(F)c(C)c2)NC(=O)N[C@@H]1c1ccc(C)cc1. The number of nitrogens with one attached hydrogen (secondary N) is 2. The van der Waals surface area contributed by atoms with Gasteiger partial charge in [-0.1, -0.05) is 29.8 Å². The lowest BCUT2D eigenvalue weighted by Crippen LogP contribution is -2.47. The normalized spacial score (nSPS) is 16.5. The molecule has 2 amide bonds. The molecule has 1 atom stereocenters. The van der Waals surface area contributed by atoms with Crippen molar-refractivity contribution in [3.8, 4) is 0 Å². The molecule has 0 aliphatic carbocycles. The van der Waals surface area contributed by atoms with Crippen molar-refractivity contribution in [2.75, 3.05) is 12.4 Å². The number of carbonyl (C=O) groups excluding carboxylic acids is 2. The minimum Gasteiger partial charge on any atom is -0.463 e. The highest BCUT2D eigenvalue weighted by atomic mass is 32.2. The lowest BCUT2D eigenvalue weighted by molar-refractivity contribution is -0.139. The minimum atomic E-state index is -3.99. The molecule has 0 saturated heterocycles. The fraction of sp³-hybridized carbons (Fsp3) is 0.273. The van der Waals surface area contributed by atoms with Gasteiger partial charge in [-0.3, -0.25) is 0 Å². The number of benzene rings is 2. The number of sulfone groups is 1. The van der Waals surface area contributed by atoms with Crippen molar-refractivity contribution in [2.24, 2.45) is 0 Å². The summed E-state index contributed by atoms with van der Waals surface area (Å²) in [6, 6.07) is 9.07. The van der Waals surface area contributed by atoms with Gasteiger partial charge in [0, 0.05) is 5.70 Å². The number of carbonyl (C=O) groups is 2. The first-order valence-corrected chi connectivity index (χ1v) is 11.3. The van der Waals surface area contributed by atoms with Crippen LogP contribution >= 0.6 is 0 Å². The van der Waals surface area contributed by atoms with Crippen molar-refractivity contribution in [1.82, 2.24) is 10.6 Å². The van der Waals surface area contributed by atoms with Gasteiger partial charge in [-0.15, -0.1) is 0 Å². The van der Waals surface area contributed by atoms with E-state index in [9.17, 15) is 22.4 Å². The van der Waals surface area contributed by atoms with Crippen LogP contribution in [0.4, 0.5) is 9.18 Å². The van der Waals surface area contributed by atoms with E-state index in [1.165, 1.54) is 13.0 Å². The fourth-order valence-corrected chi connectivity index (χ4v) is 4.68. The Morgan fingerprint density at radius 1 is 1.13 bits per heavy atom. The summed E-state index contributed by atoms with van der Waals surface area (Å²) in [4.78, 5) is 25.0. The molecule has 0 unspecified atom stereocenters. The van der Waals surface area contributed by atoms with Gasteiger partial charge in [-0.2, -0.15) is 0 Å². The highest BCUT2D eigenvalue weighted by molar-refractivity contribution is 7.91. The molecule has 0 aromatic heterocycles. The molecular weight excluding hydrogens is 423 g/mol. The summed E-state index contributed by atoms with van der Waals surface area (Å²) >= 11 is 0. The van der Waals surface area contributed by atoms with Gasteiger partial charge in [0.2, 0.25) is 0 Å². The summed E-state index contributed by atoms with van der Waals surface area (Å²) in [6.07, 6.45) is 0. The number of hydrogen-bond acceptors (Lipinski definition) is 5. The smallest absolute Gasteiger partial charge is 0.338 e. The van der Waals surface area contributed by atoms with Gasteiger partial charge in [-0.05, 0) is 50.1 Å². The highest BCUT2D eigenvalue weighted by Crippen LogP contribution is 2.29. The van der Waals surface area contributed by atoms with E-state index in [1.807, 2.05) is 19.1 Å². The third-order valence-corrected chi connectivity index (χ3v) is 6.52. The molecule has 0 fully saturated rings. The summed E-state index contributed by atoms with van der Waals surface area (Å²) in [5.41, 5.74) is 1.70. The van der Waals surface area contributed by atoms with E-state index in [0.29, 0.717) is 5.56 Å². The van der Waals surface area contributed by atoms with Crippen molar-refractivity contribution >= 4 is 21.8 Å². The van der Waals surface area contributed by atoms with Gasteiger partial charge in [0.1, 0.15) is 5.82 Å². The molecule has 164 valence electrons. The average Bonchev–Trinajstić information content (AvgIpc) is 2.70. The molecule has 3 rings (SSSR count). The quantitative estimate of drug-likeness (QED) is 0.525. The van der Waals surface area contributed by atoms with Crippen LogP contribution in [-0.2, 0) is 19.4 Å². The van der Waals surface area contributed by atoms with Crippen LogP contribution in [-0.4, -0.2) is 32.8 Å². The van der Waals surface area contributed by atoms with Crippen LogP contribution in [0.15, 0.2) is 58.6 Å². The van der Waals surface area contributed by atoms with E-state index >= 15 is 0 Å². The summed E-state index contributed by atoms with van der Waals surface area (Å²) in [5, 5.41) is 5.10. The Labute approximate surface area is 180 Å². The average molecular weight is 447 g/mol. The van der Waals surface area contributed by atoms with Gasteiger partial charge in [0.15, 0.2) is 9.84 Å². The van der Waals surface area contributed by atoms with Crippen molar-refractivity contribution in [1.29, 1.82) is 0 Å². The maximum Gasteiger partial charge on any atom is 0.338 e. The molecule has 31 heavy (non-hydrogen) atoms. The van der Waals surface area contributed by atoms with Crippen molar-refractivity contribution < 1.29 is 27.1 Å². The van der Waals surface area contributed by atoms with Crippen LogP contribution in [0.5, 0.6) is 0 Å². The van der Waals surface area contributed by atoms with Gasteiger partial charge in [0.25, 0.3) is 0 Å². The predicted molar refractivity (Wildman–Crippen MR) is 112 cm³/mol. The zero-order chi connectivity index (χ0) is 22.8. The summed E-state index contributed by atoms with van der Waals surface area (Å²) < 4.78 is 44.7. The van der Waals surface area contributed by atoms with Crippen molar-refractivity contribution in [3.05, 3.63) is 76.2 Å². The lowest BCUT2D eigenvalue weighted by atomic mass is 9.95. The minimum absolute atomic E-state index is 0.00714. The van der Waals surface area contributed by atoms with Crippen LogP contribution in [0.2, 0.25) is 0 Å². The maximum absolute atomic E-state index is 13.6. The first kappa shape index (κ1) is 22.5. The van der Waals surface area contributed by atoms with Gasteiger partial charge >= 0.3 is 12.0 Å². The maximum atomic E-state index is 13.6. The van der Waals surface area contributed by atoms with Crippen LogP contribution in [0.3, 0.4) is 0 Å². The zero-order valence-electron chi connectivity index (χ0n) is 17.4. The van der Waals surface area contributed by atoms with Crippen LogP contribution < -0.4 is 10.6 Å². The van der Waals surface area contributed by atoms with Crippen LogP contribution in [0.25, 0.3) is 0 Å². The van der Waals surface area contributed by atoms with E-state index in [2.05, 4.69) is 10.6 Å². The first-order valence-electron chi connectivity index (χ1n) is 9.65. The topological polar surface area (TPSA) is 102 Å². The number of halogens is 1. The number of hydrogen-bond donors (Lipinski definition) is 2. The molecule has 2 aromatic rings. The highest BCUT2D eigenvalue weighted by Gasteiger charge is 2.35. The summed E-state index contributed by atoms with van der Waals surface area (Å²) in [6.45, 7) is 5.06. The zero-order valence-corrected chi connectivity index (χ0v) is 18.2. The first-order chi connectivity index (χ1) is 14.6. The molecule has 9 heteroatoms. The number of aryl methyl sites for hydroxylation is 2. The molecule has 1 heterocycles. The standard InChI is InChI=1S/C22H23FN2O5S/c1-4-30-21(26)19-18(12-31(28,29)16-9-10-17(23)14(3)11-16)24-22(27)25-20(19)15-7-5-13(2)6-8-15/h5-11,20H,4,12H2,1-3H3,(H2,24,25,27)/t20-/m1/s1. The molecular formula is C22H23FN2O5S. The third kappa shape index (κ3) is 4.93. The molecule has 1 aliphatic rings. The Balaban J connectivity index is 2.10.